The number of benzene rings is 15. The van der Waals surface area contributed by atoms with Gasteiger partial charge in [0.05, 0.1) is 33.1 Å². The van der Waals surface area contributed by atoms with Crippen LogP contribution in [-0.2, 0) is 0 Å². The van der Waals surface area contributed by atoms with Crippen LogP contribution in [0.3, 0.4) is 0 Å². The van der Waals surface area contributed by atoms with E-state index in [0.29, 0.717) is 16.2 Å². The van der Waals surface area contributed by atoms with Crippen LogP contribution in [0.4, 0.5) is 0 Å². The third-order valence-electron chi connectivity index (χ3n) is 21.3. The molecular formula is C93H53N3O3. The average molecular weight is 1260 g/mol. The SMILES string of the molecule is O=c1c2ccccc2c2cc(-c3ccc(-c4cc5c6ccc(-c7cccc(-c8ccc9c(=O)n%10c%11ccc(-c%12ccccc%12-c%12ccccc%12)cc%11c%11cc(-c%12ccccc%12-c%12ccccc%12)cc(c9c8)c%11%10)c7)cc6c(=O)n6c7ccccc7c(c4)c56)cc3)cc3c4ccccc4n1c23. The van der Waals surface area contributed by atoms with E-state index >= 15 is 9.59 Å². The van der Waals surface area contributed by atoms with Crippen molar-refractivity contribution in [3.8, 4) is 89.0 Å². The molecule has 458 valence electrons. The van der Waals surface area contributed by atoms with Crippen LogP contribution in [0.2, 0.25) is 0 Å². The molecule has 15 aromatic carbocycles. The molecule has 0 atom stereocenters. The molecule has 0 radical (unpaired) electrons. The average Bonchev–Trinajstić information content (AvgIpc) is 1.59. The lowest BCUT2D eigenvalue weighted by atomic mass is 9.91. The number of aromatic nitrogens is 3. The summed E-state index contributed by atoms with van der Waals surface area (Å²) in [5.74, 6) is 0. The molecule has 0 fully saturated rings. The maximum Gasteiger partial charge on any atom is 0.263 e. The quantitative estimate of drug-likeness (QED) is 0.142. The van der Waals surface area contributed by atoms with Gasteiger partial charge in [-0.2, -0.15) is 0 Å². The zero-order chi connectivity index (χ0) is 65.3. The predicted octanol–water partition coefficient (Wildman–Crippen LogP) is 22.6. The highest BCUT2D eigenvalue weighted by Gasteiger charge is 2.25. The van der Waals surface area contributed by atoms with Crippen molar-refractivity contribution in [1.82, 2.24) is 13.2 Å². The fourth-order valence-electron chi connectivity index (χ4n) is 16.7. The number of nitrogens with zero attached hydrogens (tertiary/aromatic N) is 3. The maximum absolute atomic E-state index is 15.4. The summed E-state index contributed by atoms with van der Waals surface area (Å²) >= 11 is 0. The molecule has 0 bridgehead atoms. The van der Waals surface area contributed by atoms with Gasteiger partial charge in [0.25, 0.3) is 16.7 Å². The molecule has 6 aromatic heterocycles. The summed E-state index contributed by atoms with van der Waals surface area (Å²) in [4.78, 5) is 44.8. The number of rotatable bonds is 8. The first-order valence-electron chi connectivity index (χ1n) is 33.7. The van der Waals surface area contributed by atoms with E-state index in [1.165, 1.54) is 0 Å². The summed E-state index contributed by atoms with van der Waals surface area (Å²) in [6, 6.07) is 113. The van der Waals surface area contributed by atoms with Crippen LogP contribution in [0.25, 0.3) is 203 Å². The van der Waals surface area contributed by atoms with Gasteiger partial charge in [0.1, 0.15) is 0 Å². The molecule has 0 aliphatic rings. The van der Waals surface area contributed by atoms with Crippen molar-refractivity contribution in [3.05, 3.63) is 353 Å². The summed E-state index contributed by atoms with van der Waals surface area (Å²) in [7, 11) is 0. The summed E-state index contributed by atoms with van der Waals surface area (Å²) < 4.78 is 5.76. The summed E-state index contributed by atoms with van der Waals surface area (Å²) in [6.45, 7) is 0. The minimum absolute atomic E-state index is 0.000177. The second-order valence-electron chi connectivity index (χ2n) is 26.5. The van der Waals surface area contributed by atoms with E-state index in [1.54, 1.807) is 0 Å². The Morgan fingerprint density at radius 3 is 0.990 bits per heavy atom. The van der Waals surface area contributed by atoms with Crippen molar-refractivity contribution >= 4 is 114 Å². The fourth-order valence-corrected chi connectivity index (χ4v) is 16.7. The molecule has 0 amide bonds. The molecular weight excluding hydrogens is 1210 g/mol. The van der Waals surface area contributed by atoms with Crippen LogP contribution in [0.5, 0.6) is 0 Å². The molecule has 21 aromatic rings. The van der Waals surface area contributed by atoms with Gasteiger partial charge in [0, 0.05) is 64.6 Å². The molecule has 0 N–H and O–H groups in total. The molecule has 0 aliphatic heterocycles. The summed E-state index contributed by atoms with van der Waals surface area (Å²) in [5, 5.41) is 13.9. The van der Waals surface area contributed by atoms with Crippen LogP contribution in [0, 0.1) is 0 Å². The molecule has 0 spiro atoms. The Balaban J connectivity index is 0.696. The lowest BCUT2D eigenvalue weighted by Crippen LogP contribution is -2.13. The van der Waals surface area contributed by atoms with Crippen molar-refractivity contribution in [3.63, 3.8) is 0 Å². The lowest BCUT2D eigenvalue weighted by Gasteiger charge is -2.14. The lowest BCUT2D eigenvalue weighted by molar-refractivity contribution is 1.21. The van der Waals surface area contributed by atoms with Gasteiger partial charge in [0.15, 0.2) is 0 Å². The molecule has 21 rings (SSSR count). The predicted molar refractivity (Wildman–Crippen MR) is 413 cm³/mol. The third-order valence-corrected chi connectivity index (χ3v) is 21.3. The van der Waals surface area contributed by atoms with Crippen LogP contribution in [-0.4, -0.2) is 13.2 Å². The van der Waals surface area contributed by atoms with Crippen LogP contribution in [0.15, 0.2) is 336 Å². The molecule has 99 heavy (non-hydrogen) atoms. The van der Waals surface area contributed by atoms with Gasteiger partial charge in [-0.25, -0.2) is 0 Å². The number of hydrogen-bond acceptors (Lipinski definition) is 3. The van der Waals surface area contributed by atoms with Crippen molar-refractivity contribution in [1.29, 1.82) is 0 Å². The van der Waals surface area contributed by atoms with E-state index in [2.05, 4.69) is 273 Å². The first-order chi connectivity index (χ1) is 48.8. The molecule has 0 saturated carbocycles. The van der Waals surface area contributed by atoms with Gasteiger partial charge in [-0.3, -0.25) is 27.6 Å². The summed E-state index contributed by atoms with van der Waals surface area (Å²) in [6.07, 6.45) is 0. The number of para-hydroxylation sites is 2. The minimum atomic E-state index is -0.0603. The Hall–Kier alpha value is -13.3. The van der Waals surface area contributed by atoms with Crippen molar-refractivity contribution < 1.29 is 0 Å². The molecule has 6 heterocycles. The van der Waals surface area contributed by atoms with Gasteiger partial charge in [-0.05, 0) is 196 Å². The smallest absolute Gasteiger partial charge is 0.263 e. The second kappa shape index (κ2) is 20.9. The molecule has 0 saturated heterocycles. The van der Waals surface area contributed by atoms with Crippen molar-refractivity contribution in [2.24, 2.45) is 0 Å². The van der Waals surface area contributed by atoms with Crippen molar-refractivity contribution in [2.45, 2.75) is 0 Å². The van der Waals surface area contributed by atoms with Gasteiger partial charge < -0.3 is 0 Å². The Kier molecular flexibility index (Phi) is 11.6. The van der Waals surface area contributed by atoms with Crippen LogP contribution >= 0.6 is 0 Å². The van der Waals surface area contributed by atoms with E-state index in [0.717, 1.165) is 187 Å². The number of pyridine rings is 3. The van der Waals surface area contributed by atoms with E-state index in [1.807, 2.05) is 61.7 Å². The Bertz CT molecular complexity index is 7210. The van der Waals surface area contributed by atoms with E-state index in [4.69, 9.17) is 0 Å². The zero-order valence-corrected chi connectivity index (χ0v) is 53.2. The molecule has 6 nitrogen and oxygen atoms in total. The first-order valence-corrected chi connectivity index (χ1v) is 33.7. The van der Waals surface area contributed by atoms with Crippen molar-refractivity contribution in [2.75, 3.05) is 0 Å². The zero-order valence-electron chi connectivity index (χ0n) is 53.2. The highest BCUT2D eigenvalue weighted by atomic mass is 16.1. The monoisotopic (exact) mass is 1260 g/mol. The standard InChI is InChI=1S/C93H53N3O3/c97-91-74-31-12-11-28-70(74)78-48-63(50-80-72-29-13-15-32-85(72)94(91)88(78)80)54-34-36-55(37-35-54)64-49-79-71-41-38-61(46-84(71)93(99)95-86-33-16-14-30-73(86)81(51-64)89(79)95)59-23-17-22-58(44-59)60-39-42-75-76(45-60)82-52-65(69-27-10-8-25-67(69)57-20-5-2-6-21-57)53-83-77-47-62(40-43-87(77)96(90(82)83)92(75)98)68-26-9-7-24-66(68)56-18-3-1-4-19-56/h1-53H. The largest absolute Gasteiger partial charge is 0.275 e. The highest BCUT2D eigenvalue weighted by molar-refractivity contribution is 6.25. The van der Waals surface area contributed by atoms with Gasteiger partial charge >= 0.3 is 0 Å². The topological polar surface area (TPSA) is 64.4 Å². The molecule has 0 unspecified atom stereocenters. The van der Waals surface area contributed by atoms with Crippen LogP contribution < -0.4 is 16.7 Å². The fraction of sp³-hybridized carbons (Fsp3) is 0. The summed E-state index contributed by atoms with van der Waals surface area (Å²) in [5.41, 5.74) is 22.3. The molecule has 6 heteroatoms. The number of hydrogen-bond donors (Lipinski definition) is 0. The Morgan fingerprint density at radius 2 is 0.455 bits per heavy atom. The Morgan fingerprint density at radius 1 is 0.152 bits per heavy atom. The van der Waals surface area contributed by atoms with Crippen LogP contribution in [0.1, 0.15) is 0 Å². The third kappa shape index (κ3) is 8.03. The van der Waals surface area contributed by atoms with E-state index in [-0.39, 0.29) is 16.7 Å². The number of fused-ring (bicyclic) bond motifs is 15. The normalized spacial score (nSPS) is 12.2. The minimum Gasteiger partial charge on any atom is -0.275 e. The van der Waals surface area contributed by atoms with E-state index in [9.17, 15) is 4.79 Å². The maximum atomic E-state index is 15.4. The Labute approximate surface area is 565 Å². The highest BCUT2D eigenvalue weighted by Crippen LogP contribution is 2.46. The van der Waals surface area contributed by atoms with E-state index < -0.39 is 0 Å². The molecule has 0 aliphatic carbocycles. The van der Waals surface area contributed by atoms with Gasteiger partial charge in [-0.15, -0.1) is 0 Å². The first kappa shape index (κ1) is 55.0. The van der Waals surface area contributed by atoms with Gasteiger partial charge in [0.2, 0.25) is 0 Å². The van der Waals surface area contributed by atoms with Gasteiger partial charge in [-0.1, -0.05) is 231 Å². The second-order valence-corrected chi connectivity index (χ2v) is 26.5.